The van der Waals surface area contributed by atoms with E-state index in [1.54, 1.807) is 0 Å². The quantitative estimate of drug-likeness (QED) is 0.792. The van der Waals surface area contributed by atoms with Crippen LogP contribution in [0.2, 0.25) is 0 Å². The number of benzene rings is 2. The van der Waals surface area contributed by atoms with Crippen LogP contribution in [0, 0.1) is 27.7 Å². The summed E-state index contributed by atoms with van der Waals surface area (Å²) in [6.07, 6.45) is 0. The van der Waals surface area contributed by atoms with Gasteiger partial charge in [0.05, 0.1) is 6.54 Å². The summed E-state index contributed by atoms with van der Waals surface area (Å²) in [6.45, 7) is 9.03. The van der Waals surface area contributed by atoms with E-state index in [1.165, 1.54) is 11.1 Å². The maximum Gasteiger partial charge on any atom is 0.258 e. The molecule has 2 aromatic rings. The lowest BCUT2D eigenvalue weighted by molar-refractivity contribution is -0.123. The van der Waals surface area contributed by atoms with Crippen molar-refractivity contribution in [3.05, 3.63) is 58.7 Å². The number of nitrogens with one attached hydrogen (secondary N) is 1. The molecular weight excluding hydrogens is 302 g/mol. The molecule has 0 radical (unpaired) electrons. The molecule has 0 spiro atoms. The Kier molecular flexibility index (Phi) is 6.24. The molecule has 4 nitrogen and oxygen atoms in total. The first-order valence-electron chi connectivity index (χ1n) is 8.13. The average Bonchev–Trinajstić information content (AvgIpc) is 2.56. The summed E-state index contributed by atoms with van der Waals surface area (Å²) < 4.78 is 11.2. The van der Waals surface area contributed by atoms with E-state index < -0.39 is 0 Å². The van der Waals surface area contributed by atoms with Crippen LogP contribution in [0.1, 0.15) is 22.3 Å². The summed E-state index contributed by atoms with van der Waals surface area (Å²) in [5.74, 6) is 1.41. The predicted octanol–water partition coefficient (Wildman–Crippen LogP) is 3.49. The van der Waals surface area contributed by atoms with Gasteiger partial charge in [0.15, 0.2) is 6.61 Å². The molecule has 0 aromatic heterocycles. The molecule has 0 unspecified atom stereocenters. The molecule has 4 heteroatoms. The number of amides is 1. The average molecular weight is 327 g/mol. The maximum absolute atomic E-state index is 11.8. The topological polar surface area (TPSA) is 47.6 Å². The number of carbonyl (C=O) groups excluding carboxylic acids is 1. The SMILES string of the molecule is Cc1ccc(OCC(=O)NCCOc2cccc(C)c2C)cc1C. The van der Waals surface area contributed by atoms with Crippen molar-refractivity contribution in [3.8, 4) is 11.5 Å². The lowest BCUT2D eigenvalue weighted by Crippen LogP contribution is -2.32. The number of hydrogen-bond acceptors (Lipinski definition) is 3. The van der Waals surface area contributed by atoms with Crippen LogP contribution in [0.15, 0.2) is 36.4 Å². The lowest BCUT2D eigenvalue weighted by Gasteiger charge is -2.12. The second-order valence-corrected chi connectivity index (χ2v) is 5.93. The van der Waals surface area contributed by atoms with Crippen LogP contribution in [0.25, 0.3) is 0 Å². The zero-order valence-electron chi connectivity index (χ0n) is 14.8. The Hall–Kier alpha value is -2.49. The third kappa shape index (κ3) is 5.01. The highest BCUT2D eigenvalue weighted by atomic mass is 16.5. The number of rotatable bonds is 7. The Labute approximate surface area is 143 Å². The molecule has 0 aliphatic rings. The van der Waals surface area contributed by atoms with Gasteiger partial charge < -0.3 is 14.8 Å². The fraction of sp³-hybridized carbons (Fsp3) is 0.350. The van der Waals surface area contributed by atoms with E-state index in [2.05, 4.69) is 5.32 Å². The molecule has 1 amide bonds. The summed E-state index contributed by atoms with van der Waals surface area (Å²) in [5.41, 5.74) is 4.67. The highest BCUT2D eigenvalue weighted by molar-refractivity contribution is 5.77. The van der Waals surface area contributed by atoms with Crippen molar-refractivity contribution >= 4 is 5.91 Å². The van der Waals surface area contributed by atoms with Crippen molar-refractivity contribution in [1.82, 2.24) is 5.32 Å². The largest absolute Gasteiger partial charge is 0.491 e. The van der Waals surface area contributed by atoms with Crippen molar-refractivity contribution in [2.24, 2.45) is 0 Å². The van der Waals surface area contributed by atoms with Gasteiger partial charge >= 0.3 is 0 Å². The molecule has 24 heavy (non-hydrogen) atoms. The predicted molar refractivity (Wildman–Crippen MR) is 95.8 cm³/mol. The number of aryl methyl sites for hydroxylation is 3. The Balaban J connectivity index is 1.69. The number of hydrogen-bond donors (Lipinski definition) is 1. The molecule has 2 rings (SSSR count). The van der Waals surface area contributed by atoms with Crippen molar-refractivity contribution in [3.63, 3.8) is 0 Å². The van der Waals surface area contributed by atoms with Gasteiger partial charge in [-0.05, 0) is 68.1 Å². The first-order valence-corrected chi connectivity index (χ1v) is 8.13. The standard InChI is InChI=1S/C20H25NO3/c1-14-8-9-18(12-16(14)3)24-13-20(22)21-10-11-23-19-7-5-6-15(2)17(19)4/h5-9,12H,10-11,13H2,1-4H3,(H,21,22). The highest BCUT2D eigenvalue weighted by Crippen LogP contribution is 2.20. The summed E-state index contributed by atoms with van der Waals surface area (Å²) in [4.78, 5) is 11.8. The van der Waals surface area contributed by atoms with Crippen LogP contribution in [-0.2, 0) is 4.79 Å². The van der Waals surface area contributed by atoms with Gasteiger partial charge in [-0.3, -0.25) is 4.79 Å². The van der Waals surface area contributed by atoms with Gasteiger partial charge in [0.25, 0.3) is 5.91 Å². The lowest BCUT2D eigenvalue weighted by atomic mass is 10.1. The molecule has 0 saturated heterocycles. The van der Waals surface area contributed by atoms with Gasteiger partial charge in [0, 0.05) is 0 Å². The molecule has 0 fully saturated rings. The van der Waals surface area contributed by atoms with Crippen LogP contribution in [-0.4, -0.2) is 25.7 Å². The fourth-order valence-corrected chi connectivity index (χ4v) is 2.24. The normalized spacial score (nSPS) is 10.3. The van der Waals surface area contributed by atoms with Crippen molar-refractivity contribution in [2.45, 2.75) is 27.7 Å². The Morgan fingerprint density at radius 1 is 0.958 bits per heavy atom. The van der Waals surface area contributed by atoms with Crippen LogP contribution in [0.3, 0.4) is 0 Å². The zero-order chi connectivity index (χ0) is 17.5. The van der Waals surface area contributed by atoms with Gasteiger partial charge in [-0.1, -0.05) is 18.2 Å². The van der Waals surface area contributed by atoms with Crippen LogP contribution in [0.4, 0.5) is 0 Å². The Bertz CT molecular complexity index is 710. The van der Waals surface area contributed by atoms with Gasteiger partial charge in [0.2, 0.25) is 0 Å². The van der Waals surface area contributed by atoms with E-state index in [9.17, 15) is 4.79 Å². The van der Waals surface area contributed by atoms with Gasteiger partial charge in [-0.25, -0.2) is 0 Å². The van der Waals surface area contributed by atoms with Crippen LogP contribution >= 0.6 is 0 Å². The monoisotopic (exact) mass is 327 g/mol. The fourth-order valence-electron chi connectivity index (χ4n) is 2.24. The first kappa shape index (κ1) is 17.9. The molecule has 0 atom stereocenters. The summed E-state index contributed by atoms with van der Waals surface area (Å²) >= 11 is 0. The Morgan fingerprint density at radius 2 is 1.75 bits per heavy atom. The van der Waals surface area contributed by atoms with Crippen LogP contribution in [0.5, 0.6) is 11.5 Å². The molecule has 0 bridgehead atoms. The van der Waals surface area contributed by atoms with E-state index in [1.807, 2.05) is 64.1 Å². The minimum atomic E-state index is -0.155. The molecule has 0 aliphatic heterocycles. The van der Waals surface area contributed by atoms with E-state index in [-0.39, 0.29) is 12.5 Å². The molecule has 128 valence electrons. The van der Waals surface area contributed by atoms with Crippen molar-refractivity contribution in [1.29, 1.82) is 0 Å². The molecule has 0 heterocycles. The second-order valence-electron chi connectivity index (χ2n) is 5.93. The van der Waals surface area contributed by atoms with E-state index in [0.29, 0.717) is 18.9 Å². The van der Waals surface area contributed by atoms with Crippen LogP contribution < -0.4 is 14.8 Å². The van der Waals surface area contributed by atoms with E-state index in [4.69, 9.17) is 9.47 Å². The second kappa shape index (κ2) is 8.39. The minimum absolute atomic E-state index is 0.00593. The third-order valence-electron chi connectivity index (χ3n) is 4.09. The number of carbonyl (C=O) groups is 1. The van der Waals surface area contributed by atoms with E-state index in [0.717, 1.165) is 16.9 Å². The third-order valence-corrected chi connectivity index (χ3v) is 4.09. The minimum Gasteiger partial charge on any atom is -0.491 e. The van der Waals surface area contributed by atoms with Gasteiger partial charge in [0.1, 0.15) is 18.1 Å². The number of ether oxygens (including phenoxy) is 2. The highest BCUT2D eigenvalue weighted by Gasteiger charge is 2.05. The maximum atomic E-state index is 11.8. The van der Waals surface area contributed by atoms with Gasteiger partial charge in [-0.2, -0.15) is 0 Å². The van der Waals surface area contributed by atoms with E-state index >= 15 is 0 Å². The molecule has 1 N–H and O–H groups in total. The first-order chi connectivity index (χ1) is 11.5. The summed E-state index contributed by atoms with van der Waals surface area (Å²) in [5, 5.41) is 2.79. The summed E-state index contributed by atoms with van der Waals surface area (Å²) in [6, 6.07) is 11.8. The van der Waals surface area contributed by atoms with Crippen molar-refractivity contribution < 1.29 is 14.3 Å². The summed E-state index contributed by atoms with van der Waals surface area (Å²) in [7, 11) is 0. The molecular formula is C20H25NO3. The van der Waals surface area contributed by atoms with Crippen molar-refractivity contribution in [2.75, 3.05) is 19.8 Å². The molecule has 0 aliphatic carbocycles. The smallest absolute Gasteiger partial charge is 0.258 e. The Morgan fingerprint density at radius 3 is 2.50 bits per heavy atom. The molecule has 2 aromatic carbocycles. The molecule has 0 saturated carbocycles. The van der Waals surface area contributed by atoms with Gasteiger partial charge in [-0.15, -0.1) is 0 Å². The zero-order valence-corrected chi connectivity index (χ0v) is 14.8.